The lowest BCUT2D eigenvalue weighted by Crippen LogP contribution is -2.28. The Morgan fingerprint density at radius 1 is 1.33 bits per heavy atom. The minimum absolute atomic E-state index is 0.0789. The van der Waals surface area contributed by atoms with Crippen molar-refractivity contribution >= 4 is 27.7 Å². The molecule has 0 heterocycles. The zero-order valence-electron chi connectivity index (χ0n) is 10.2. The number of hydrogen-bond donors (Lipinski definition) is 0. The molecule has 0 saturated carbocycles. The van der Waals surface area contributed by atoms with Crippen molar-refractivity contribution in [2.45, 2.75) is 12.8 Å². The first-order chi connectivity index (χ1) is 8.58. The SMILES string of the molecule is COC(=O)C1CC(=O)c2c(OC)ccc(Br)c2C1. The van der Waals surface area contributed by atoms with E-state index >= 15 is 0 Å². The number of carbonyl (C=O) groups excluding carboxylic acids is 2. The number of carbonyl (C=O) groups is 2. The molecular formula is C13H13BrO4. The van der Waals surface area contributed by atoms with Crippen molar-refractivity contribution in [2.24, 2.45) is 5.92 Å². The highest BCUT2D eigenvalue weighted by atomic mass is 79.9. The van der Waals surface area contributed by atoms with Crippen LogP contribution in [0.1, 0.15) is 22.3 Å². The van der Waals surface area contributed by atoms with E-state index in [1.807, 2.05) is 6.07 Å². The molecule has 0 aliphatic heterocycles. The van der Waals surface area contributed by atoms with Gasteiger partial charge in [0.2, 0.25) is 0 Å². The zero-order chi connectivity index (χ0) is 13.3. The second-order valence-corrected chi connectivity index (χ2v) is 5.01. The van der Waals surface area contributed by atoms with Crippen molar-refractivity contribution in [1.82, 2.24) is 0 Å². The molecule has 0 N–H and O–H groups in total. The predicted molar refractivity (Wildman–Crippen MR) is 68.9 cm³/mol. The minimum atomic E-state index is -0.404. The predicted octanol–water partition coefficient (Wildman–Crippen LogP) is 2.38. The van der Waals surface area contributed by atoms with Crippen LogP contribution in [0.2, 0.25) is 0 Å². The van der Waals surface area contributed by atoms with Crippen LogP contribution in [-0.4, -0.2) is 26.0 Å². The van der Waals surface area contributed by atoms with Gasteiger partial charge in [0.25, 0.3) is 0 Å². The van der Waals surface area contributed by atoms with Crippen LogP contribution in [0.5, 0.6) is 5.75 Å². The number of ether oxygens (including phenoxy) is 2. The van der Waals surface area contributed by atoms with E-state index in [-0.39, 0.29) is 18.2 Å². The molecule has 0 bridgehead atoms. The van der Waals surface area contributed by atoms with E-state index in [1.165, 1.54) is 14.2 Å². The summed E-state index contributed by atoms with van der Waals surface area (Å²) < 4.78 is 10.7. The number of rotatable bonds is 2. The van der Waals surface area contributed by atoms with Crippen LogP contribution in [0.3, 0.4) is 0 Å². The van der Waals surface area contributed by atoms with Crippen molar-refractivity contribution in [3.05, 3.63) is 27.7 Å². The first-order valence-corrected chi connectivity index (χ1v) is 6.34. The molecule has 1 aliphatic rings. The molecule has 1 atom stereocenters. The Kier molecular flexibility index (Phi) is 3.71. The van der Waals surface area contributed by atoms with Gasteiger partial charge in [-0.1, -0.05) is 15.9 Å². The molecule has 2 rings (SSSR count). The first-order valence-electron chi connectivity index (χ1n) is 5.54. The molecule has 1 aromatic carbocycles. The van der Waals surface area contributed by atoms with Crippen LogP contribution in [-0.2, 0) is 16.0 Å². The van der Waals surface area contributed by atoms with E-state index in [0.717, 1.165) is 10.0 Å². The Balaban J connectivity index is 2.47. The number of benzene rings is 1. The summed E-state index contributed by atoms with van der Waals surface area (Å²) >= 11 is 3.41. The van der Waals surface area contributed by atoms with E-state index in [0.29, 0.717) is 17.7 Å². The molecule has 5 heteroatoms. The first kappa shape index (κ1) is 13.1. The van der Waals surface area contributed by atoms with Gasteiger partial charge in [-0.3, -0.25) is 9.59 Å². The fourth-order valence-electron chi connectivity index (χ4n) is 2.25. The van der Waals surface area contributed by atoms with E-state index < -0.39 is 5.92 Å². The normalized spacial score (nSPS) is 18.2. The Labute approximate surface area is 113 Å². The molecule has 0 aromatic heterocycles. The van der Waals surface area contributed by atoms with Crippen molar-refractivity contribution < 1.29 is 19.1 Å². The molecule has 1 aliphatic carbocycles. The van der Waals surface area contributed by atoms with Gasteiger partial charge in [-0.15, -0.1) is 0 Å². The van der Waals surface area contributed by atoms with Gasteiger partial charge in [0.1, 0.15) is 5.75 Å². The lowest BCUT2D eigenvalue weighted by molar-refractivity contribution is -0.145. The summed E-state index contributed by atoms with van der Waals surface area (Å²) in [5.74, 6) is -0.270. The topological polar surface area (TPSA) is 52.6 Å². The number of hydrogen-bond acceptors (Lipinski definition) is 4. The highest BCUT2D eigenvalue weighted by Crippen LogP contribution is 2.36. The third kappa shape index (κ3) is 2.14. The highest BCUT2D eigenvalue weighted by molar-refractivity contribution is 9.10. The fraction of sp³-hybridized carbons (Fsp3) is 0.385. The summed E-state index contributed by atoms with van der Waals surface area (Å²) in [5.41, 5.74) is 1.40. The monoisotopic (exact) mass is 312 g/mol. The Morgan fingerprint density at radius 2 is 2.06 bits per heavy atom. The summed E-state index contributed by atoms with van der Waals surface area (Å²) in [6, 6.07) is 3.57. The van der Waals surface area contributed by atoms with Gasteiger partial charge in [-0.2, -0.15) is 0 Å². The highest BCUT2D eigenvalue weighted by Gasteiger charge is 2.33. The van der Waals surface area contributed by atoms with Gasteiger partial charge < -0.3 is 9.47 Å². The zero-order valence-corrected chi connectivity index (χ0v) is 11.7. The molecule has 4 nitrogen and oxygen atoms in total. The van der Waals surface area contributed by atoms with E-state index in [9.17, 15) is 9.59 Å². The summed E-state index contributed by atoms with van der Waals surface area (Å²) in [7, 11) is 2.87. The molecular weight excluding hydrogens is 300 g/mol. The van der Waals surface area contributed by atoms with Crippen LogP contribution in [0.15, 0.2) is 16.6 Å². The molecule has 0 spiro atoms. The van der Waals surface area contributed by atoms with Gasteiger partial charge in [0, 0.05) is 10.9 Å². The van der Waals surface area contributed by atoms with E-state index in [1.54, 1.807) is 6.07 Å². The summed E-state index contributed by atoms with van der Waals surface area (Å²) in [6.45, 7) is 0. The lowest BCUT2D eigenvalue weighted by atomic mass is 9.82. The Morgan fingerprint density at radius 3 is 2.67 bits per heavy atom. The molecule has 0 radical (unpaired) electrons. The van der Waals surface area contributed by atoms with Crippen LogP contribution < -0.4 is 4.74 Å². The quantitative estimate of drug-likeness (QED) is 0.787. The number of halogens is 1. The summed E-state index contributed by atoms with van der Waals surface area (Å²) in [5, 5.41) is 0. The molecule has 96 valence electrons. The third-order valence-electron chi connectivity index (χ3n) is 3.13. The maximum absolute atomic E-state index is 12.1. The molecule has 1 unspecified atom stereocenters. The number of ketones is 1. The molecule has 18 heavy (non-hydrogen) atoms. The molecule has 1 aromatic rings. The maximum atomic E-state index is 12.1. The number of methoxy groups -OCH3 is 2. The second kappa shape index (κ2) is 5.10. The smallest absolute Gasteiger partial charge is 0.309 e. The van der Waals surface area contributed by atoms with Gasteiger partial charge in [0.15, 0.2) is 5.78 Å². The van der Waals surface area contributed by atoms with Crippen molar-refractivity contribution in [3.8, 4) is 5.75 Å². The lowest BCUT2D eigenvalue weighted by Gasteiger charge is -2.24. The average molecular weight is 313 g/mol. The summed E-state index contributed by atoms with van der Waals surface area (Å²) in [6.07, 6.45) is 0.665. The summed E-state index contributed by atoms with van der Waals surface area (Å²) in [4.78, 5) is 23.7. The fourth-order valence-corrected chi connectivity index (χ4v) is 2.75. The van der Waals surface area contributed by atoms with Crippen LogP contribution >= 0.6 is 15.9 Å². The van der Waals surface area contributed by atoms with Crippen LogP contribution in [0.25, 0.3) is 0 Å². The van der Waals surface area contributed by atoms with Crippen LogP contribution in [0.4, 0.5) is 0 Å². The Hall–Kier alpha value is -1.36. The molecule has 0 amide bonds. The second-order valence-electron chi connectivity index (χ2n) is 4.15. The maximum Gasteiger partial charge on any atom is 0.309 e. The number of esters is 1. The Bertz CT molecular complexity index is 510. The van der Waals surface area contributed by atoms with Crippen molar-refractivity contribution in [2.75, 3.05) is 14.2 Å². The van der Waals surface area contributed by atoms with Gasteiger partial charge in [-0.05, 0) is 24.1 Å². The molecule has 0 fully saturated rings. The standard InChI is InChI=1S/C13H13BrO4/c1-17-11-4-3-9(14)8-5-7(13(16)18-2)6-10(15)12(8)11/h3-4,7H,5-6H2,1-2H3. The van der Waals surface area contributed by atoms with Gasteiger partial charge in [0.05, 0.1) is 25.7 Å². The average Bonchev–Trinajstić information content (AvgIpc) is 2.38. The van der Waals surface area contributed by atoms with Crippen molar-refractivity contribution in [3.63, 3.8) is 0 Å². The van der Waals surface area contributed by atoms with Gasteiger partial charge >= 0.3 is 5.97 Å². The minimum Gasteiger partial charge on any atom is -0.496 e. The third-order valence-corrected chi connectivity index (χ3v) is 3.88. The largest absolute Gasteiger partial charge is 0.496 e. The number of Topliss-reactive ketones (excluding diaryl/α,β-unsaturated/α-hetero) is 1. The van der Waals surface area contributed by atoms with Gasteiger partial charge in [-0.25, -0.2) is 0 Å². The van der Waals surface area contributed by atoms with Crippen molar-refractivity contribution in [1.29, 1.82) is 0 Å². The van der Waals surface area contributed by atoms with Crippen LogP contribution in [0, 0.1) is 5.92 Å². The number of fused-ring (bicyclic) bond motifs is 1. The molecule has 0 saturated heterocycles. The van der Waals surface area contributed by atoms with E-state index in [4.69, 9.17) is 9.47 Å². The van der Waals surface area contributed by atoms with E-state index in [2.05, 4.69) is 15.9 Å².